The van der Waals surface area contributed by atoms with Gasteiger partial charge in [-0.2, -0.15) is 0 Å². The van der Waals surface area contributed by atoms with Gasteiger partial charge in [-0.1, -0.05) is 20.3 Å². The summed E-state index contributed by atoms with van der Waals surface area (Å²) < 4.78 is 0. The molecule has 0 saturated carbocycles. The van der Waals surface area contributed by atoms with Crippen molar-refractivity contribution in [1.82, 2.24) is 10.2 Å². The van der Waals surface area contributed by atoms with Crippen molar-refractivity contribution in [3.8, 4) is 12.3 Å². The monoisotopic (exact) mass is 264 g/mol. The second kappa shape index (κ2) is 7.83. The Kier molecular flexibility index (Phi) is 6.41. The maximum Gasteiger partial charge on any atom is 0.245 e. The first-order chi connectivity index (χ1) is 9.10. The van der Waals surface area contributed by atoms with Gasteiger partial charge in [0.25, 0.3) is 0 Å². The molecule has 1 aliphatic heterocycles. The molecule has 2 amide bonds. The minimum absolute atomic E-state index is 0.0234. The first kappa shape index (κ1) is 15.6. The summed E-state index contributed by atoms with van der Waals surface area (Å²) in [6, 6.07) is -0.368. The lowest BCUT2D eigenvalue weighted by molar-refractivity contribution is -0.135. The van der Waals surface area contributed by atoms with E-state index in [0.29, 0.717) is 19.5 Å². The summed E-state index contributed by atoms with van der Waals surface area (Å²) in [5.41, 5.74) is 0. The lowest BCUT2D eigenvalue weighted by Crippen LogP contribution is -2.48. The summed E-state index contributed by atoms with van der Waals surface area (Å²) in [7, 11) is 0. The predicted octanol–water partition coefficient (Wildman–Crippen LogP) is 1.55. The van der Waals surface area contributed by atoms with Gasteiger partial charge in [0.05, 0.1) is 0 Å². The van der Waals surface area contributed by atoms with Crippen molar-refractivity contribution < 1.29 is 9.59 Å². The molecule has 0 bridgehead atoms. The average molecular weight is 264 g/mol. The van der Waals surface area contributed by atoms with Gasteiger partial charge >= 0.3 is 0 Å². The van der Waals surface area contributed by atoms with E-state index < -0.39 is 0 Å². The Morgan fingerprint density at radius 2 is 2.21 bits per heavy atom. The summed E-state index contributed by atoms with van der Waals surface area (Å²) in [4.78, 5) is 25.9. The third-order valence-electron chi connectivity index (χ3n) is 3.72. The highest BCUT2D eigenvalue weighted by atomic mass is 16.2. The zero-order valence-corrected chi connectivity index (χ0v) is 11.9. The molecule has 1 fully saturated rings. The Hall–Kier alpha value is -1.50. The number of unbranched alkanes of at least 4 members (excludes halogenated alkanes) is 2. The Morgan fingerprint density at radius 3 is 2.84 bits per heavy atom. The Labute approximate surface area is 115 Å². The standard InChI is InChI=1S/C15H24N2O2/c1-4-6-7-8-10-17-11-9-13(18)16-14(15(17)19)12(3)5-2/h1,12,14H,5-11H2,2-3H3,(H,16,18). The number of carbonyl (C=O) groups excluding carboxylic acids is 2. The number of nitrogens with zero attached hydrogens (tertiary/aromatic N) is 1. The number of hydrogen-bond donors (Lipinski definition) is 1. The van der Waals surface area contributed by atoms with E-state index in [2.05, 4.69) is 11.2 Å². The Balaban J connectivity index is 2.62. The van der Waals surface area contributed by atoms with Gasteiger partial charge in [-0.05, 0) is 18.8 Å². The molecule has 2 unspecified atom stereocenters. The smallest absolute Gasteiger partial charge is 0.245 e. The van der Waals surface area contributed by atoms with Crippen molar-refractivity contribution in [3.05, 3.63) is 0 Å². The van der Waals surface area contributed by atoms with Gasteiger partial charge in [0.2, 0.25) is 11.8 Å². The average Bonchev–Trinajstić information content (AvgIpc) is 2.55. The SMILES string of the molecule is C#CCCCCN1CCC(=O)NC(C(C)CC)C1=O. The van der Waals surface area contributed by atoms with E-state index in [-0.39, 0.29) is 23.8 Å². The van der Waals surface area contributed by atoms with E-state index in [4.69, 9.17) is 6.42 Å². The molecule has 0 spiro atoms. The normalized spacial score (nSPS) is 21.5. The van der Waals surface area contributed by atoms with Crippen molar-refractivity contribution in [2.24, 2.45) is 5.92 Å². The highest BCUT2D eigenvalue weighted by Crippen LogP contribution is 2.15. The van der Waals surface area contributed by atoms with Crippen molar-refractivity contribution in [1.29, 1.82) is 0 Å². The first-order valence-electron chi connectivity index (χ1n) is 7.11. The van der Waals surface area contributed by atoms with Crippen LogP contribution < -0.4 is 5.32 Å². The molecule has 19 heavy (non-hydrogen) atoms. The van der Waals surface area contributed by atoms with Gasteiger partial charge in [-0.3, -0.25) is 9.59 Å². The molecule has 2 atom stereocenters. The van der Waals surface area contributed by atoms with Crippen LogP contribution in [0.2, 0.25) is 0 Å². The van der Waals surface area contributed by atoms with Gasteiger partial charge in [0, 0.05) is 25.9 Å². The van der Waals surface area contributed by atoms with Crippen LogP contribution in [-0.2, 0) is 9.59 Å². The Bertz CT molecular complexity index is 360. The van der Waals surface area contributed by atoms with Crippen molar-refractivity contribution in [2.75, 3.05) is 13.1 Å². The molecule has 1 heterocycles. The molecule has 4 heteroatoms. The van der Waals surface area contributed by atoms with E-state index in [1.165, 1.54) is 0 Å². The summed E-state index contributed by atoms with van der Waals surface area (Å²) in [6.45, 7) is 5.26. The molecule has 4 nitrogen and oxygen atoms in total. The minimum atomic E-state index is -0.368. The van der Waals surface area contributed by atoms with E-state index in [9.17, 15) is 9.59 Å². The van der Waals surface area contributed by atoms with E-state index in [0.717, 1.165) is 25.7 Å². The predicted molar refractivity (Wildman–Crippen MR) is 75.3 cm³/mol. The van der Waals surface area contributed by atoms with E-state index in [1.54, 1.807) is 0 Å². The van der Waals surface area contributed by atoms with Crippen LogP contribution in [0.25, 0.3) is 0 Å². The van der Waals surface area contributed by atoms with Crippen LogP contribution >= 0.6 is 0 Å². The van der Waals surface area contributed by atoms with Gasteiger partial charge in [-0.15, -0.1) is 12.3 Å². The quantitative estimate of drug-likeness (QED) is 0.584. The third-order valence-corrected chi connectivity index (χ3v) is 3.72. The molecule has 1 saturated heterocycles. The molecule has 1 aliphatic rings. The van der Waals surface area contributed by atoms with Crippen molar-refractivity contribution in [2.45, 2.75) is 52.0 Å². The maximum atomic E-state index is 12.4. The second-order valence-corrected chi connectivity index (χ2v) is 5.17. The van der Waals surface area contributed by atoms with Gasteiger partial charge in [0.15, 0.2) is 0 Å². The topological polar surface area (TPSA) is 49.4 Å². The molecular formula is C15H24N2O2. The molecule has 0 aromatic carbocycles. The molecule has 0 aromatic heterocycles. The summed E-state index contributed by atoms with van der Waals surface area (Å²) in [5, 5.41) is 2.85. The molecule has 0 radical (unpaired) electrons. The van der Waals surface area contributed by atoms with Crippen molar-refractivity contribution >= 4 is 11.8 Å². The molecular weight excluding hydrogens is 240 g/mol. The third kappa shape index (κ3) is 4.59. The first-order valence-corrected chi connectivity index (χ1v) is 7.11. The number of amides is 2. The highest BCUT2D eigenvalue weighted by Gasteiger charge is 2.32. The summed E-state index contributed by atoms with van der Waals surface area (Å²) >= 11 is 0. The number of hydrogen-bond acceptors (Lipinski definition) is 2. The van der Waals surface area contributed by atoms with Gasteiger partial charge < -0.3 is 10.2 Å². The van der Waals surface area contributed by atoms with Crippen LogP contribution in [-0.4, -0.2) is 35.8 Å². The minimum Gasteiger partial charge on any atom is -0.344 e. The molecule has 0 aromatic rings. The number of nitrogens with one attached hydrogen (secondary N) is 1. The van der Waals surface area contributed by atoms with Crippen LogP contribution in [0.4, 0.5) is 0 Å². The zero-order chi connectivity index (χ0) is 14.3. The van der Waals surface area contributed by atoms with Crippen LogP contribution in [0.5, 0.6) is 0 Å². The molecule has 1 rings (SSSR count). The van der Waals surface area contributed by atoms with E-state index in [1.807, 2.05) is 18.7 Å². The second-order valence-electron chi connectivity index (χ2n) is 5.17. The maximum absolute atomic E-state index is 12.4. The number of rotatable bonds is 6. The largest absolute Gasteiger partial charge is 0.344 e. The van der Waals surface area contributed by atoms with E-state index >= 15 is 0 Å². The molecule has 1 N–H and O–H groups in total. The van der Waals surface area contributed by atoms with Crippen LogP contribution in [0.3, 0.4) is 0 Å². The fourth-order valence-corrected chi connectivity index (χ4v) is 2.22. The highest BCUT2D eigenvalue weighted by molar-refractivity contribution is 5.90. The van der Waals surface area contributed by atoms with Crippen LogP contribution in [0.15, 0.2) is 0 Å². The molecule has 106 valence electrons. The number of terminal acetylenes is 1. The van der Waals surface area contributed by atoms with Gasteiger partial charge in [-0.25, -0.2) is 0 Å². The van der Waals surface area contributed by atoms with Crippen LogP contribution in [0.1, 0.15) is 46.0 Å². The Morgan fingerprint density at radius 1 is 1.47 bits per heavy atom. The van der Waals surface area contributed by atoms with Crippen molar-refractivity contribution in [3.63, 3.8) is 0 Å². The fourth-order valence-electron chi connectivity index (χ4n) is 2.22. The lowest BCUT2D eigenvalue weighted by Gasteiger charge is -2.27. The lowest BCUT2D eigenvalue weighted by atomic mass is 9.98. The zero-order valence-electron chi connectivity index (χ0n) is 11.9. The summed E-state index contributed by atoms with van der Waals surface area (Å²) in [6.07, 6.45) is 9.06. The molecule has 0 aliphatic carbocycles. The number of carbonyl (C=O) groups is 2. The fraction of sp³-hybridized carbons (Fsp3) is 0.733. The van der Waals surface area contributed by atoms with Crippen LogP contribution in [0, 0.1) is 18.3 Å². The van der Waals surface area contributed by atoms with Gasteiger partial charge in [0.1, 0.15) is 6.04 Å². The summed E-state index contributed by atoms with van der Waals surface area (Å²) in [5.74, 6) is 2.80.